The first-order valence-corrected chi connectivity index (χ1v) is 7.66. The lowest BCUT2D eigenvalue weighted by Gasteiger charge is -2.37. The summed E-state index contributed by atoms with van der Waals surface area (Å²) in [7, 11) is 0. The highest BCUT2D eigenvalue weighted by Crippen LogP contribution is 2.35. The Morgan fingerprint density at radius 3 is 3.00 bits per heavy atom. The Balaban J connectivity index is 2.23. The van der Waals surface area contributed by atoms with Crippen molar-refractivity contribution >= 4 is 23.5 Å². The van der Waals surface area contributed by atoms with Gasteiger partial charge in [-0.3, -0.25) is 0 Å². The van der Waals surface area contributed by atoms with Crippen LogP contribution in [0.4, 0.5) is 5.82 Å². The Morgan fingerprint density at radius 1 is 1.58 bits per heavy atom. The summed E-state index contributed by atoms with van der Waals surface area (Å²) < 4.78 is 0. The van der Waals surface area contributed by atoms with Crippen molar-refractivity contribution in [2.45, 2.75) is 43.2 Å². The fourth-order valence-electron chi connectivity index (χ4n) is 2.68. The van der Waals surface area contributed by atoms with E-state index in [1.54, 1.807) is 6.07 Å². The van der Waals surface area contributed by atoms with E-state index in [1.165, 1.54) is 18.1 Å². The lowest BCUT2D eigenvalue weighted by atomic mass is 9.76. The van der Waals surface area contributed by atoms with E-state index >= 15 is 0 Å². The number of hydrogen-bond donors (Lipinski definition) is 2. The first-order valence-electron chi connectivity index (χ1n) is 6.43. The SMILES string of the molecule is CSc1cc(NC2(C(=O)O)CCCC(C)C2)ncn1. The quantitative estimate of drug-likeness (QED) is 0.653. The van der Waals surface area contributed by atoms with Gasteiger partial charge < -0.3 is 10.4 Å². The van der Waals surface area contributed by atoms with Gasteiger partial charge in [0.05, 0.1) is 0 Å². The molecule has 0 aromatic carbocycles. The normalized spacial score (nSPS) is 26.9. The molecule has 0 radical (unpaired) electrons. The molecule has 0 spiro atoms. The zero-order valence-electron chi connectivity index (χ0n) is 11.2. The van der Waals surface area contributed by atoms with E-state index in [2.05, 4.69) is 22.2 Å². The fraction of sp³-hybridized carbons (Fsp3) is 0.615. The number of anilines is 1. The lowest BCUT2D eigenvalue weighted by molar-refractivity contribution is -0.144. The van der Waals surface area contributed by atoms with E-state index in [0.29, 0.717) is 24.6 Å². The van der Waals surface area contributed by atoms with Gasteiger partial charge in [-0.1, -0.05) is 19.8 Å². The molecule has 1 fully saturated rings. The molecule has 1 aromatic heterocycles. The van der Waals surface area contributed by atoms with E-state index in [0.717, 1.165) is 17.9 Å². The molecule has 2 rings (SSSR count). The van der Waals surface area contributed by atoms with Gasteiger partial charge >= 0.3 is 5.97 Å². The van der Waals surface area contributed by atoms with Crippen molar-refractivity contribution < 1.29 is 9.90 Å². The maximum absolute atomic E-state index is 11.7. The summed E-state index contributed by atoms with van der Waals surface area (Å²) in [6.45, 7) is 2.10. The predicted octanol–water partition coefficient (Wildman–Crippen LogP) is 2.64. The van der Waals surface area contributed by atoms with Crippen LogP contribution in [0.2, 0.25) is 0 Å². The number of carboxylic acid groups (broad SMARTS) is 1. The summed E-state index contributed by atoms with van der Waals surface area (Å²) in [5.74, 6) is 0.221. The number of nitrogens with zero attached hydrogens (tertiary/aromatic N) is 2. The first kappa shape index (κ1) is 14.1. The van der Waals surface area contributed by atoms with Crippen molar-refractivity contribution in [1.29, 1.82) is 0 Å². The first-order chi connectivity index (χ1) is 9.05. The molecule has 2 N–H and O–H groups in total. The fourth-order valence-corrected chi connectivity index (χ4v) is 3.06. The van der Waals surface area contributed by atoms with Crippen LogP contribution in [0.15, 0.2) is 17.4 Å². The minimum Gasteiger partial charge on any atom is -0.480 e. The molecular formula is C13H19N3O2S. The molecule has 1 heterocycles. The molecule has 2 unspecified atom stereocenters. The summed E-state index contributed by atoms with van der Waals surface area (Å²) in [6, 6.07) is 1.80. The second-order valence-corrected chi connectivity index (χ2v) is 5.99. The smallest absolute Gasteiger partial charge is 0.329 e. The molecule has 5 nitrogen and oxygen atoms in total. The standard InChI is InChI=1S/C13H19N3O2S/c1-9-4-3-5-13(7-9,12(17)18)16-10-6-11(19-2)15-8-14-10/h6,8-9H,3-5,7H2,1-2H3,(H,17,18)(H,14,15,16). The Morgan fingerprint density at radius 2 is 2.37 bits per heavy atom. The van der Waals surface area contributed by atoms with Crippen LogP contribution >= 0.6 is 11.8 Å². The summed E-state index contributed by atoms with van der Waals surface area (Å²) in [6.07, 6.45) is 6.71. The molecule has 0 aliphatic heterocycles. The van der Waals surface area contributed by atoms with Crippen molar-refractivity contribution in [2.75, 3.05) is 11.6 Å². The summed E-state index contributed by atoms with van der Waals surface area (Å²) in [4.78, 5) is 19.9. The predicted molar refractivity (Wildman–Crippen MR) is 75.4 cm³/mol. The van der Waals surface area contributed by atoms with Crippen molar-refractivity contribution in [3.8, 4) is 0 Å². The average molecular weight is 281 g/mol. The van der Waals surface area contributed by atoms with Gasteiger partial charge in [0.1, 0.15) is 22.7 Å². The van der Waals surface area contributed by atoms with Gasteiger partial charge in [-0.15, -0.1) is 11.8 Å². The summed E-state index contributed by atoms with van der Waals surface area (Å²) in [5.41, 5.74) is -0.887. The average Bonchev–Trinajstić information content (AvgIpc) is 2.38. The third-order valence-corrected chi connectivity index (χ3v) is 4.27. The van der Waals surface area contributed by atoms with Gasteiger partial charge in [0.15, 0.2) is 0 Å². The van der Waals surface area contributed by atoms with Crippen LogP contribution < -0.4 is 5.32 Å². The zero-order chi connectivity index (χ0) is 13.9. The Hall–Kier alpha value is -1.30. The molecule has 0 amide bonds. The van der Waals surface area contributed by atoms with Crippen LogP contribution in [0.25, 0.3) is 0 Å². The number of aromatic nitrogens is 2. The Labute approximate surface area is 117 Å². The van der Waals surface area contributed by atoms with Crippen LogP contribution in [0.1, 0.15) is 32.6 Å². The van der Waals surface area contributed by atoms with Crippen LogP contribution in [0, 0.1) is 5.92 Å². The molecule has 0 bridgehead atoms. The van der Waals surface area contributed by atoms with Crippen LogP contribution in [-0.4, -0.2) is 32.8 Å². The van der Waals surface area contributed by atoms with Crippen LogP contribution in [0.3, 0.4) is 0 Å². The Kier molecular flexibility index (Phi) is 4.29. The van der Waals surface area contributed by atoms with Crippen molar-refractivity contribution in [1.82, 2.24) is 9.97 Å². The van der Waals surface area contributed by atoms with Crippen molar-refractivity contribution in [3.63, 3.8) is 0 Å². The van der Waals surface area contributed by atoms with Crippen molar-refractivity contribution in [3.05, 3.63) is 12.4 Å². The van der Waals surface area contributed by atoms with Crippen LogP contribution in [-0.2, 0) is 4.79 Å². The number of carbonyl (C=O) groups is 1. The molecule has 1 saturated carbocycles. The molecule has 6 heteroatoms. The molecule has 1 aromatic rings. The monoisotopic (exact) mass is 281 g/mol. The third kappa shape index (κ3) is 3.18. The molecule has 0 saturated heterocycles. The molecular weight excluding hydrogens is 262 g/mol. The maximum Gasteiger partial charge on any atom is 0.329 e. The number of hydrogen-bond acceptors (Lipinski definition) is 5. The van der Waals surface area contributed by atoms with E-state index in [9.17, 15) is 9.90 Å². The third-order valence-electron chi connectivity index (χ3n) is 3.63. The second-order valence-electron chi connectivity index (χ2n) is 5.16. The lowest BCUT2D eigenvalue weighted by Crippen LogP contribution is -2.49. The highest BCUT2D eigenvalue weighted by molar-refractivity contribution is 7.98. The van der Waals surface area contributed by atoms with Gasteiger partial charge in [0.2, 0.25) is 0 Å². The van der Waals surface area contributed by atoms with E-state index in [1.807, 2.05) is 6.26 Å². The largest absolute Gasteiger partial charge is 0.480 e. The van der Waals surface area contributed by atoms with E-state index in [-0.39, 0.29) is 0 Å². The van der Waals surface area contributed by atoms with Gasteiger partial charge in [0.25, 0.3) is 0 Å². The number of thioether (sulfide) groups is 1. The van der Waals surface area contributed by atoms with E-state index < -0.39 is 11.5 Å². The molecule has 104 valence electrons. The van der Waals surface area contributed by atoms with E-state index in [4.69, 9.17) is 0 Å². The second kappa shape index (κ2) is 5.77. The van der Waals surface area contributed by atoms with Gasteiger partial charge in [-0.25, -0.2) is 14.8 Å². The molecule has 1 aliphatic carbocycles. The molecule has 2 atom stereocenters. The van der Waals surface area contributed by atoms with Gasteiger partial charge in [-0.05, 0) is 25.0 Å². The van der Waals surface area contributed by atoms with Crippen LogP contribution in [0.5, 0.6) is 0 Å². The topological polar surface area (TPSA) is 75.1 Å². The van der Waals surface area contributed by atoms with Gasteiger partial charge in [-0.2, -0.15) is 0 Å². The summed E-state index contributed by atoms with van der Waals surface area (Å²) >= 11 is 1.51. The Bertz CT molecular complexity index is 469. The maximum atomic E-state index is 11.7. The molecule has 19 heavy (non-hydrogen) atoms. The molecule has 1 aliphatic rings. The highest BCUT2D eigenvalue weighted by atomic mass is 32.2. The minimum atomic E-state index is -0.887. The number of aliphatic carboxylic acids is 1. The summed E-state index contributed by atoms with van der Waals surface area (Å²) in [5, 5.41) is 13.6. The minimum absolute atomic E-state index is 0.416. The number of nitrogens with one attached hydrogen (secondary N) is 1. The number of rotatable bonds is 4. The zero-order valence-corrected chi connectivity index (χ0v) is 12.0. The van der Waals surface area contributed by atoms with Gasteiger partial charge in [0, 0.05) is 6.07 Å². The number of carboxylic acids is 1. The highest BCUT2D eigenvalue weighted by Gasteiger charge is 2.42. The van der Waals surface area contributed by atoms with Crippen molar-refractivity contribution in [2.24, 2.45) is 5.92 Å².